The van der Waals surface area contributed by atoms with Gasteiger partial charge in [0.1, 0.15) is 0 Å². The van der Waals surface area contributed by atoms with Gasteiger partial charge in [0.25, 0.3) is 0 Å². The van der Waals surface area contributed by atoms with Gasteiger partial charge in [-0.2, -0.15) is 0 Å². The maximum absolute atomic E-state index is 12.5. The molecule has 0 spiro atoms. The normalized spacial score (nSPS) is 19.2. The van der Waals surface area contributed by atoms with Crippen molar-refractivity contribution in [2.75, 3.05) is 6.54 Å². The number of hydrogen-bond donors (Lipinski definition) is 2. The number of halogens is 1. The summed E-state index contributed by atoms with van der Waals surface area (Å²) in [6.45, 7) is 4.10. The predicted molar refractivity (Wildman–Crippen MR) is 79.4 cm³/mol. The largest absolute Gasteiger partial charge is 0.329 e. The van der Waals surface area contributed by atoms with E-state index < -0.39 is 15.6 Å². The quantitative estimate of drug-likeness (QED) is 0.857. The second-order valence-corrected chi connectivity index (χ2v) is 7.94. The van der Waals surface area contributed by atoms with Gasteiger partial charge in [0.2, 0.25) is 10.0 Å². The van der Waals surface area contributed by atoms with Crippen molar-refractivity contribution in [2.24, 2.45) is 11.7 Å². The van der Waals surface area contributed by atoms with Gasteiger partial charge in [-0.05, 0) is 66.2 Å². The van der Waals surface area contributed by atoms with E-state index in [0.717, 1.165) is 18.4 Å². The number of nitrogens with two attached hydrogens (primary N) is 1. The molecular formula is C13H19BrN2O2S. The molecule has 1 unspecified atom stereocenters. The van der Waals surface area contributed by atoms with Crippen molar-refractivity contribution in [3.05, 3.63) is 28.2 Å². The van der Waals surface area contributed by atoms with Crippen LogP contribution in [0.15, 0.2) is 27.6 Å². The van der Waals surface area contributed by atoms with Crippen LogP contribution >= 0.6 is 15.9 Å². The summed E-state index contributed by atoms with van der Waals surface area (Å²) in [7, 11) is -3.56. The van der Waals surface area contributed by atoms with E-state index in [4.69, 9.17) is 5.73 Å². The topological polar surface area (TPSA) is 72.2 Å². The van der Waals surface area contributed by atoms with Crippen molar-refractivity contribution in [3.63, 3.8) is 0 Å². The fourth-order valence-corrected chi connectivity index (χ4v) is 4.87. The molecule has 0 bridgehead atoms. The van der Waals surface area contributed by atoms with Crippen molar-refractivity contribution in [3.8, 4) is 0 Å². The summed E-state index contributed by atoms with van der Waals surface area (Å²) in [5.41, 5.74) is 6.21. The van der Waals surface area contributed by atoms with E-state index >= 15 is 0 Å². The molecule has 0 amide bonds. The van der Waals surface area contributed by atoms with E-state index in [1.807, 2.05) is 13.8 Å². The first-order chi connectivity index (χ1) is 8.78. The zero-order valence-electron chi connectivity index (χ0n) is 11.1. The van der Waals surface area contributed by atoms with Crippen molar-refractivity contribution in [1.82, 2.24) is 4.72 Å². The Kier molecular flexibility index (Phi) is 4.07. The molecule has 106 valence electrons. The minimum absolute atomic E-state index is 0.262. The highest BCUT2D eigenvalue weighted by Gasteiger charge is 2.43. The number of sulfonamides is 1. The van der Waals surface area contributed by atoms with Gasteiger partial charge in [0.05, 0.1) is 4.90 Å². The molecule has 1 fully saturated rings. The van der Waals surface area contributed by atoms with Crippen LogP contribution in [-0.4, -0.2) is 20.5 Å². The highest BCUT2D eigenvalue weighted by molar-refractivity contribution is 9.10. The summed E-state index contributed by atoms with van der Waals surface area (Å²) in [6, 6.07) is 5.20. The number of hydrogen-bond acceptors (Lipinski definition) is 3. The summed E-state index contributed by atoms with van der Waals surface area (Å²) in [6.07, 6.45) is 2.07. The Morgan fingerprint density at radius 1 is 1.47 bits per heavy atom. The lowest BCUT2D eigenvalue weighted by molar-refractivity contribution is 0.374. The molecule has 3 N–H and O–H groups in total. The maximum Gasteiger partial charge on any atom is 0.242 e. The zero-order valence-corrected chi connectivity index (χ0v) is 13.5. The second-order valence-electron chi connectivity index (χ2n) is 5.44. The van der Waals surface area contributed by atoms with E-state index in [0.29, 0.717) is 16.9 Å². The van der Waals surface area contributed by atoms with Gasteiger partial charge < -0.3 is 5.73 Å². The van der Waals surface area contributed by atoms with Gasteiger partial charge in [-0.3, -0.25) is 0 Å². The second kappa shape index (κ2) is 5.16. The van der Waals surface area contributed by atoms with E-state index in [2.05, 4.69) is 20.7 Å². The summed E-state index contributed by atoms with van der Waals surface area (Å²) in [4.78, 5) is 0.262. The number of nitrogens with one attached hydrogen (secondary N) is 1. The first-order valence-corrected chi connectivity index (χ1v) is 8.56. The Bertz CT molecular complexity index is 584. The maximum atomic E-state index is 12.5. The van der Waals surface area contributed by atoms with Gasteiger partial charge >= 0.3 is 0 Å². The van der Waals surface area contributed by atoms with Crippen LogP contribution in [0.3, 0.4) is 0 Å². The van der Waals surface area contributed by atoms with Gasteiger partial charge in [0, 0.05) is 16.6 Å². The third-order valence-corrected chi connectivity index (χ3v) is 6.24. The summed E-state index contributed by atoms with van der Waals surface area (Å²) < 4.78 is 28.3. The van der Waals surface area contributed by atoms with Crippen molar-refractivity contribution < 1.29 is 8.42 Å². The molecule has 0 aliphatic heterocycles. The molecule has 0 heterocycles. The van der Waals surface area contributed by atoms with Crippen LogP contribution in [0.5, 0.6) is 0 Å². The van der Waals surface area contributed by atoms with E-state index in [1.165, 1.54) is 0 Å². The Balaban J connectivity index is 2.32. The smallest absolute Gasteiger partial charge is 0.242 e. The average molecular weight is 347 g/mol. The van der Waals surface area contributed by atoms with Crippen molar-refractivity contribution in [2.45, 2.75) is 37.1 Å². The summed E-state index contributed by atoms with van der Waals surface area (Å²) in [5, 5.41) is 0. The van der Waals surface area contributed by atoms with Gasteiger partial charge in [-0.15, -0.1) is 0 Å². The molecule has 19 heavy (non-hydrogen) atoms. The lowest BCUT2D eigenvalue weighted by atomic mass is 9.98. The molecule has 0 radical (unpaired) electrons. The highest BCUT2D eigenvalue weighted by Crippen LogP contribution is 2.40. The van der Waals surface area contributed by atoms with Gasteiger partial charge in [0.15, 0.2) is 0 Å². The Morgan fingerprint density at radius 3 is 2.58 bits per heavy atom. The van der Waals surface area contributed by atoms with Crippen LogP contribution in [0.2, 0.25) is 0 Å². The first kappa shape index (κ1) is 15.0. The Labute approximate surface area is 122 Å². The molecular weight excluding hydrogens is 328 g/mol. The summed E-state index contributed by atoms with van der Waals surface area (Å²) in [5.74, 6) is 0.344. The third-order valence-electron chi connectivity index (χ3n) is 3.65. The lowest BCUT2D eigenvalue weighted by Crippen LogP contribution is -2.53. The van der Waals surface area contributed by atoms with E-state index in [-0.39, 0.29) is 4.90 Å². The standard InChI is InChI=1S/C13H19BrN2O2S/c1-9-3-6-12(11(14)7-9)19(17,18)16-13(2,8-15)10-4-5-10/h3,6-7,10,16H,4-5,8,15H2,1-2H3. The Hall–Kier alpha value is -0.430. The molecule has 0 saturated heterocycles. The van der Waals surface area contributed by atoms with Crippen LogP contribution < -0.4 is 10.5 Å². The van der Waals surface area contributed by atoms with Crippen molar-refractivity contribution >= 4 is 26.0 Å². The fourth-order valence-electron chi connectivity index (χ4n) is 2.20. The van der Waals surface area contributed by atoms with E-state index in [1.54, 1.807) is 18.2 Å². The number of rotatable bonds is 5. The Morgan fingerprint density at radius 2 is 2.11 bits per heavy atom. The molecule has 1 aliphatic carbocycles. The molecule has 0 aromatic heterocycles. The van der Waals surface area contributed by atoms with Crippen molar-refractivity contribution in [1.29, 1.82) is 0 Å². The average Bonchev–Trinajstić information content (AvgIpc) is 3.11. The predicted octanol–water partition coefficient (Wildman–Crippen LogP) is 2.16. The minimum atomic E-state index is -3.56. The molecule has 1 aromatic rings. The first-order valence-electron chi connectivity index (χ1n) is 6.29. The van der Waals surface area contributed by atoms with Crippen LogP contribution in [0.4, 0.5) is 0 Å². The number of benzene rings is 1. The zero-order chi connectivity index (χ0) is 14.3. The van der Waals surface area contributed by atoms with Gasteiger partial charge in [-0.1, -0.05) is 6.07 Å². The molecule has 1 aliphatic rings. The van der Waals surface area contributed by atoms with Crippen LogP contribution in [0.25, 0.3) is 0 Å². The minimum Gasteiger partial charge on any atom is -0.329 e. The number of aryl methyl sites for hydroxylation is 1. The summed E-state index contributed by atoms with van der Waals surface area (Å²) >= 11 is 3.31. The monoisotopic (exact) mass is 346 g/mol. The van der Waals surface area contributed by atoms with Crippen LogP contribution in [0, 0.1) is 12.8 Å². The van der Waals surface area contributed by atoms with Gasteiger partial charge in [-0.25, -0.2) is 13.1 Å². The molecule has 1 saturated carbocycles. The molecule has 4 nitrogen and oxygen atoms in total. The fraction of sp³-hybridized carbons (Fsp3) is 0.538. The third kappa shape index (κ3) is 3.18. The molecule has 6 heteroatoms. The lowest BCUT2D eigenvalue weighted by Gasteiger charge is -2.29. The SMILES string of the molecule is Cc1ccc(S(=O)(=O)NC(C)(CN)C2CC2)c(Br)c1. The van der Waals surface area contributed by atoms with E-state index in [9.17, 15) is 8.42 Å². The molecule has 1 aromatic carbocycles. The van der Waals surface area contributed by atoms with Crippen LogP contribution in [0.1, 0.15) is 25.3 Å². The molecule has 1 atom stereocenters. The molecule has 2 rings (SSSR count). The highest BCUT2D eigenvalue weighted by atomic mass is 79.9. The van der Waals surface area contributed by atoms with Crippen LogP contribution in [-0.2, 0) is 10.0 Å².